The van der Waals surface area contributed by atoms with E-state index in [1.54, 1.807) is 18.2 Å². The first kappa shape index (κ1) is 16.6. The Morgan fingerprint density at radius 2 is 1.67 bits per heavy atom. The Hall–Kier alpha value is -2.24. The Bertz CT molecular complexity index is 617. The van der Waals surface area contributed by atoms with Gasteiger partial charge in [-0.3, -0.25) is 9.59 Å². The quantitative estimate of drug-likeness (QED) is 0.830. The molecular formula is C18H24N2O4. The van der Waals surface area contributed by atoms with Gasteiger partial charge in [0.2, 0.25) is 5.91 Å². The van der Waals surface area contributed by atoms with Gasteiger partial charge in [0, 0.05) is 44.6 Å². The Morgan fingerprint density at radius 3 is 2.46 bits per heavy atom. The summed E-state index contributed by atoms with van der Waals surface area (Å²) in [5, 5.41) is 0. The summed E-state index contributed by atoms with van der Waals surface area (Å²) < 4.78 is 11.3. The molecule has 130 valence electrons. The molecule has 1 aromatic rings. The first-order chi connectivity index (χ1) is 11.7. The normalized spacial score (nSPS) is 17.9. The third kappa shape index (κ3) is 3.63. The molecule has 0 unspecified atom stereocenters. The van der Waals surface area contributed by atoms with Gasteiger partial charge in [-0.2, -0.15) is 0 Å². The van der Waals surface area contributed by atoms with E-state index in [0.717, 1.165) is 19.4 Å². The highest BCUT2D eigenvalue weighted by Crippen LogP contribution is 2.30. The van der Waals surface area contributed by atoms with E-state index in [0.29, 0.717) is 56.3 Å². The van der Waals surface area contributed by atoms with Gasteiger partial charge in [0.1, 0.15) is 0 Å². The fourth-order valence-corrected chi connectivity index (χ4v) is 3.07. The van der Waals surface area contributed by atoms with Crippen LogP contribution >= 0.6 is 0 Å². The molecule has 2 amide bonds. The van der Waals surface area contributed by atoms with Crippen molar-refractivity contribution in [2.45, 2.75) is 26.2 Å². The van der Waals surface area contributed by atoms with Gasteiger partial charge in [-0.15, -0.1) is 0 Å². The molecule has 0 aromatic heterocycles. The largest absolute Gasteiger partial charge is 0.490 e. The Balaban J connectivity index is 1.70. The topological polar surface area (TPSA) is 59.1 Å². The van der Waals surface area contributed by atoms with Crippen molar-refractivity contribution < 1.29 is 19.1 Å². The molecule has 0 spiro atoms. The number of nitrogens with zero attached hydrogens (tertiary/aromatic N) is 2. The summed E-state index contributed by atoms with van der Waals surface area (Å²) in [5.41, 5.74) is 0.606. The smallest absolute Gasteiger partial charge is 0.254 e. The van der Waals surface area contributed by atoms with Crippen LogP contribution in [-0.2, 0) is 4.79 Å². The molecule has 0 radical (unpaired) electrons. The average molecular weight is 332 g/mol. The molecule has 0 N–H and O–H groups in total. The Morgan fingerprint density at radius 1 is 0.958 bits per heavy atom. The van der Waals surface area contributed by atoms with Crippen molar-refractivity contribution in [2.75, 3.05) is 39.4 Å². The first-order valence-corrected chi connectivity index (χ1v) is 8.65. The number of hydrogen-bond donors (Lipinski definition) is 0. The summed E-state index contributed by atoms with van der Waals surface area (Å²) >= 11 is 0. The highest BCUT2D eigenvalue weighted by Gasteiger charge is 2.23. The summed E-state index contributed by atoms with van der Waals surface area (Å²) in [7, 11) is 0. The maximum atomic E-state index is 12.8. The number of benzene rings is 1. The zero-order valence-electron chi connectivity index (χ0n) is 14.1. The summed E-state index contributed by atoms with van der Waals surface area (Å²) in [6.07, 6.45) is 2.16. The van der Waals surface area contributed by atoms with E-state index < -0.39 is 0 Å². The number of carbonyl (C=O) groups is 2. The minimum atomic E-state index is -0.0172. The zero-order chi connectivity index (χ0) is 16.9. The van der Waals surface area contributed by atoms with Gasteiger partial charge in [0.05, 0.1) is 13.2 Å². The van der Waals surface area contributed by atoms with Crippen LogP contribution in [0.15, 0.2) is 18.2 Å². The van der Waals surface area contributed by atoms with Crippen molar-refractivity contribution in [3.05, 3.63) is 23.8 Å². The van der Waals surface area contributed by atoms with E-state index in [1.807, 2.05) is 16.7 Å². The molecule has 2 aliphatic heterocycles. The lowest BCUT2D eigenvalue weighted by molar-refractivity contribution is -0.130. The van der Waals surface area contributed by atoms with Crippen molar-refractivity contribution in [1.82, 2.24) is 9.80 Å². The monoisotopic (exact) mass is 332 g/mol. The summed E-state index contributed by atoms with van der Waals surface area (Å²) in [4.78, 5) is 28.3. The van der Waals surface area contributed by atoms with E-state index >= 15 is 0 Å². The fraction of sp³-hybridized carbons (Fsp3) is 0.556. The molecule has 0 bridgehead atoms. The molecule has 6 nitrogen and oxygen atoms in total. The fourth-order valence-electron chi connectivity index (χ4n) is 3.07. The SMILES string of the molecule is CCC(=O)N1CCCN(C(=O)c2ccc3c(c2)OCCCO3)CC1. The molecule has 2 heterocycles. The number of hydrogen-bond acceptors (Lipinski definition) is 4. The van der Waals surface area contributed by atoms with Gasteiger partial charge in [0.15, 0.2) is 11.5 Å². The minimum Gasteiger partial charge on any atom is -0.490 e. The highest BCUT2D eigenvalue weighted by atomic mass is 16.5. The molecular weight excluding hydrogens is 308 g/mol. The van der Waals surface area contributed by atoms with Crippen LogP contribution in [0.4, 0.5) is 0 Å². The average Bonchev–Trinajstić information content (AvgIpc) is 3.00. The minimum absolute atomic E-state index is 0.0172. The number of amides is 2. The summed E-state index contributed by atoms with van der Waals surface area (Å²) in [5.74, 6) is 1.46. The van der Waals surface area contributed by atoms with Crippen molar-refractivity contribution in [1.29, 1.82) is 0 Å². The van der Waals surface area contributed by atoms with E-state index in [9.17, 15) is 9.59 Å². The molecule has 0 saturated carbocycles. The van der Waals surface area contributed by atoms with Crippen molar-refractivity contribution in [3.8, 4) is 11.5 Å². The maximum Gasteiger partial charge on any atom is 0.254 e. The van der Waals surface area contributed by atoms with E-state index in [4.69, 9.17) is 9.47 Å². The lowest BCUT2D eigenvalue weighted by Gasteiger charge is -2.22. The summed E-state index contributed by atoms with van der Waals surface area (Å²) in [6, 6.07) is 5.36. The molecule has 1 aromatic carbocycles. The van der Waals surface area contributed by atoms with Crippen LogP contribution in [0.3, 0.4) is 0 Å². The third-order valence-electron chi connectivity index (χ3n) is 4.43. The molecule has 24 heavy (non-hydrogen) atoms. The van der Waals surface area contributed by atoms with Crippen molar-refractivity contribution in [3.63, 3.8) is 0 Å². The number of rotatable bonds is 2. The number of ether oxygens (including phenoxy) is 2. The van der Waals surface area contributed by atoms with Crippen LogP contribution in [0.25, 0.3) is 0 Å². The van der Waals surface area contributed by atoms with E-state index in [2.05, 4.69) is 0 Å². The van der Waals surface area contributed by atoms with Crippen LogP contribution in [0.5, 0.6) is 11.5 Å². The number of fused-ring (bicyclic) bond motifs is 1. The van der Waals surface area contributed by atoms with Crippen molar-refractivity contribution >= 4 is 11.8 Å². The lowest BCUT2D eigenvalue weighted by atomic mass is 10.1. The summed E-state index contributed by atoms with van der Waals surface area (Å²) in [6.45, 7) is 5.66. The standard InChI is InChI=1S/C18H24N2O4/c1-2-17(21)19-7-3-8-20(10-9-19)18(22)14-5-6-15-16(13-14)24-12-4-11-23-15/h5-6,13H,2-4,7-12H2,1H3. The van der Waals surface area contributed by atoms with Gasteiger partial charge in [-0.05, 0) is 24.6 Å². The molecule has 0 aliphatic carbocycles. The molecule has 1 fully saturated rings. The van der Waals surface area contributed by atoms with E-state index in [-0.39, 0.29) is 11.8 Å². The van der Waals surface area contributed by atoms with Gasteiger partial charge < -0.3 is 19.3 Å². The predicted molar refractivity (Wildman–Crippen MR) is 89.4 cm³/mol. The van der Waals surface area contributed by atoms with Crippen LogP contribution < -0.4 is 9.47 Å². The molecule has 1 saturated heterocycles. The Labute approximate surface area is 142 Å². The Kier molecular flexibility index (Phi) is 5.23. The third-order valence-corrected chi connectivity index (χ3v) is 4.43. The van der Waals surface area contributed by atoms with Gasteiger partial charge in [-0.1, -0.05) is 6.92 Å². The van der Waals surface area contributed by atoms with E-state index in [1.165, 1.54) is 0 Å². The maximum absolute atomic E-state index is 12.8. The molecule has 2 aliphatic rings. The van der Waals surface area contributed by atoms with Crippen LogP contribution in [-0.4, -0.2) is 61.0 Å². The van der Waals surface area contributed by atoms with Gasteiger partial charge >= 0.3 is 0 Å². The highest BCUT2D eigenvalue weighted by molar-refractivity contribution is 5.95. The second-order valence-electron chi connectivity index (χ2n) is 6.09. The second kappa shape index (κ2) is 7.55. The molecule has 3 rings (SSSR count). The second-order valence-corrected chi connectivity index (χ2v) is 6.09. The van der Waals surface area contributed by atoms with Gasteiger partial charge in [0.25, 0.3) is 5.91 Å². The zero-order valence-corrected chi connectivity index (χ0v) is 14.1. The van der Waals surface area contributed by atoms with Crippen LogP contribution in [0.1, 0.15) is 36.5 Å². The van der Waals surface area contributed by atoms with Crippen LogP contribution in [0, 0.1) is 0 Å². The van der Waals surface area contributed by atoms with Gasteiger partial charge in [-0.25, -0.2) is 0 Å². The molecule has 6 heteroatoms. The first-order valence-electron chi connectivity index (χ1n) is 8.65. The number of carbonyl (C=O) groups excluding carboxylic acids is 2. The molecule has 0 atom stereocenters. The lowest BCUT2D eigenvalue weighted by Crippen LogP contribution is -2.37. The van der Waals surface area contributed by atoms with Crippen LogP contribution in [0.2, 0.25) is 0 Å². The van der Waals surface area contributed by atoms with Crippen molar-refractivity contribution in [2.24, 2.45) is 0 Å². The predicted octanol–water partition coefficient (Wildman–Crippen LogP) is 1.93.